The molecule has 0 spiro atoms. The van der Waals surface area contributed by atoms with Gasteiger partial charge in [-0.15, -0.1) is 0 Å². The van der Waals surface area contributed by atoms with Gasteiger partial charge in [0, 0.05) is 20.3 Å². The summed E-state index contributed by atoms with van der Waals surface area (Å²) in [5.41, 5.74) is -0.367. The van der Waals surface area contributed by atoms with Crippen LogP contribution in [0.15, 0.2) is 4.52 Å². The van der Waals surface area contributed by atoms with Crippen LogP contribution >= 0.6 is 0 Å². The lowest BCUT2D eigenvalue weighted by Gasteiger charge is -2.17. The molecule has 2 heterocycles. The van der Waals surface area contributed by atoms with Crippen LogP contribution < -0.4 is 5.32 Å². The highest BCUT2D eigenvalue weighted by molar-refractivity contribution is 5.01. The van der Waals surface area contributed by atoms with Crippen molar-refractivity contribution in [2.75, 3.05) is 26.9 Å². The standard InChI is InChI=1S/C11H19N3O3/c1-11(4-3-6-16-11)10-13-9(17-14-10)8-12-5-7-15-2/h12H,3-8H2,1-2H3. The summed E-state index contributed by atoms with van der Waals surface area (Å²) in [5.74, 6) is 1.24. The van der Waals surface area contributed by atoms with Crippen LogP contribution in [-0.4, -0.2) is 37.0 Å². The van der Waals surface area contributed by atoms with E-state index in [9.17, 15) is 0 Å². The summed E-state index contributed by atoms with van der Waals surface area (Å²) in [5, 5.41) is 7.14. The molecule has 96 valence electrons. The third-order valence-electron chi connectivity index (χ3n) is 2.92. The highest BCUT2D eigenvalue weighted by Crippen LogP contribution is 2.33. The summed E-state index contributed by atoms with van der Waals surface area (Å²) in [6.45, 7) is 4.77. The zero-order chi connectivity index (χ0) is 12.1. The molecule has 1 unspecified atom stereocenters. The van der Waals surface area contributed by atoms with E-state index in [-0.39, 0.29) is 5.60 Å². The summed E-state index contributed by atoms with van der Waals surface area (Å²) in [7, 11) is 1.67. The monoisotopic (exact) mass is 241 g/mol. The number of hydrogen-bond donors (Lipinski definition) is 1. The van der Waals surface area contributed by atoms with E-state index in [1.807, 2.05) is 6.92 Å². The Balaban J connectivity index is 1.87. The van der Waals surface area contributed by atoms with Crippen LogP contribution in [0.3, 0.4) is 0 Å². The first-order valence-corrected chi connectivity index (χ1v) is 5.91. The van der Waals surface area contributed by atoms with Gasteiger partial charge in [-0.3, -0.25) is 0 Å². The van der Waals surface area contributed by atoms with E-state index in [0.717, 1.165) is 26.0 Å². The molecule has 0 bridgehead atoms. The summed E-state index contributed by atoms with van der Waals surface area (Å²) in [6, 6.07) is 0. The topological polar surface area (TPSA) is 69.4 Å². The highest BCUT2D eigenvalue weighted by atomic mass is 16.5. The minimum atomic E-state index is -0.367. The summed E-state index contributed by atoms with van der Waals surface area (Å²) in [6.07, 6.45) is 2.00. The molecule has 0 radical (unpaired) electrons. The van der Waals surface area contributed by atoms with Crippen LogP contribution in [-0.2, 0) is 21.6 Å². The number of methoxy groups -OCH3 is 1. The average molecular weight is 241 g/mol. The van der Waals surface area contributed by atoms with Gasteiger partial charge in [-0.25, -0.2) is 0 Å². The quantitative estimate of drug-likeness (QED) is 0.744. The van der Waals surface area contributed by atoms with Gasteiger partial charge >= 0.3 is 0 Å². The highest BCUT2D eigenvalue weighted by Gasteiger charge is 2.36. The number of aromatic nitrogens is 2. The fourth-order valence-corrected chi connectivity index (χ4v) is 1.87. The van der Waals surface area contributed by atoms with E-state index in [4.69, 9.17) is 14.0 Å². The molecule has 1 aromatic heterocycles. The second-order valence-electron chi connectivity index (χ2n) is 4.36. The zero-order valence-electron chi connectivity index (χ0n) is 10.4. The van der Waals surface area contributed by atoms with E-state index in [0.29, 0.717) is 24.9 Å². The lowest BCUT2D eigenvalue weighted by Crippen LogP contribution is -2.22. The van der Waals surface area contributed by atoms with Crippen molar-refractivity contribution in [3.05, 3.63) is 11.7 Å². The second kappa shape index (κ2) is 5.57. The van der Waals surface area contributed by atoms with Crippen LogP contribution in [0, 0.1) is 0 Å². The maximum absolute atomic E-state index is 5.66. The van der Waals surface area contributed by atoms with E-state index in [1.165, 1.54) is 0 Å². The molecule has 0 aliphatic carbocycles. The van der Waals surface area contributed by atoms with E-state index in [1.54, 1.807) is 7.11 Å². The first-order valence-electron chi connectivity index (χ1n) is 5.91. The molecule has 6 nitrogen and oxygen atoms in total. The lowest BCUT2D eigenvalue weighted by molar-refractivity contribution is 0.00768. The normalized spacial score (nSPS) is 24.4. The maximum Gasteiger partial charge on any atom is 0.240 e. The van der Waals surface area contributed by atoms with E-state index in [2.05, 4.69) is 15.5 Å². The fraction of sp³-hybridized carbons (Fsp3) is 0.818. The molecule has 1 fully saturated rings. The molecule has 0 saturated carbocycles. The van der Waals surface area contributed by atoms with Crippen LogP contribution in [0.1, 0.15) is 31.5 Å². The Morgan fingerprint density at radius 2 is 2.41 bits per heavy atom. The van der Waals surface area contributed by atoms with Crippen LogP contribution in [0.25, 0.3) is 0 Å². The molecule has 1 aromatic rings. The number of nitrogens with one attached hydrogen (secondary N) is 1. The molecule has 17 heavy (non-hydrogen) atoms. The molecule has 1 saturated heterocycles. The van der Waals surface area contributed by atoms with Gasteiger partial charge in [0.15, 0.2) is 0 Å². The van der Waals surface area contributed by atoms with Gasteiger partial charge in [-0.2, -0.15) is 4.98 Å². The number of ether oxygens (including phenoxy) is 2. The predicted octanol–water partition coefficient (Wildman–Crippen LogP) is 0.831. The van der Waals surface area contributed by atoms with Crippen LogP contribution in [0.2, 0.25) is 0 Å². The molecule has 0 amide bonds. The Kier molecular flexibility index (Phi) is 4.09. The van der Waals surface area contributed by atoms with Crippen molar-refractivity contribution in [2.24, 2.45) is 0 Å². The summed E-state index contributed by atoms with van der Waals surface area (Å²) in [4.78, 5) is 4.36. The van der Waals surface area contributed by atoms with Crippen molar-refractivity contribution in [1.82, 2.24) is 15.5 Å². The van der Waals surface area contributed by atoms with Gasteiger partial charge in [0.05, 0.1) is 13.2 Å². The van der Waals surface area contributed by atoms with Crippen molar-refractivity contribution in [2.45, 2.75) is 31.9 Å². The van der Waals surface area contributed by atoms with Crippen molar-refractivity contribution in [3.8, 4) is 0 Å². The lowest BCUT2D eigenvalue weighted by atomic mass is 10.0. The van der Waals surface area contributed by atoms with Gasteiger partial charge in [-0.05, 0) is 19.8 Å². The third-order valence-corrected chi connectivity index (χ3v) is 2.92. The van der Waals surface area contributed by atoms with Gasteiger partial charge in [0.25, 0.3) is 0 Å². The van der Waals surface area contributed by atoms with E-state index < -0.39 is 0 Å². The van der Waals surface area contributed by atoms with E-state index >= 15 is 0 Å². The first kappa shape index (κ1) is 12.5. The first-order chi connectivity index (χ1) is 8.24. The minimum absolute atomic E-state index is 0.367. The van der Waals surface area contributed by atoms with Gasteiger partial charge < -0.3 is 19.3 Å². The second-order valence-corrected chi connectivity index (χ2v) is 4.36. The Morgan fingerprint density at radius 3 is 3.12 bits per heavy atom. The van der Waals surface area contributed by atoms with Crippen LogP contribution in [0.5, 0.6) is 0 Å². The minimum Gasteiger partial charge on any atom is -0.383 e. The summed E-state index contributed by atoms with van der Waals surface area (Å²) >= 11 is 0. The third kappa shape index (κ3) is 3.02. The molecule has 1 aliphatic heterocycles. The molecule has 0 aromatic carbocycles. The molecule has 1 aliphatic rings. The smallest absolute Gasteiger partial charge is 0.240 e. The number of hydrogen-bond acceptors (Lipinski definition) is 6. The molecule has 6 heteroatoms. The van der Waals surface area contributed by atoms with Gasteiger partial charge in [0.2, 0.25) is 11.7 Å². The predicted molar refractivity (Wildman–Crippen MR) is 60.4 cm³/mol. The SMILES string of the molecule is COCCNCc1nc(C2(C)CCCO2)no1. The number of nitrogens with zero attached hydrogens (tertiary/aromatic N) is 2. The Hall–Kier alpha value is -0.980. The molecular weight excluding hydrogens is 222 g/mol. The van der Waals surface area contributed by atoms with Crippen molar-refractivity contribution in [3.63, 3.8) is 0 Å². The Labute approximate surface area is 101 Å². The summed E-state index contributed by atoms with van der Waals surface area (Å²) < 4.78 is 15.8. The van der Waals surface area contributed by atoms with Crippen LogP contribution in [0.4, 0.5) is 0 Å². The maximum atomic E-state index is 5.66. The Bertz CT molecular complexity index is 347. The van der Waals surface area contributed by atoms with Gasteiger partial charge in [-0.1, -0.05) is 5.16 Å². The fourth-order valence-electron chi connectivity index (χ4n) is 1.87. The van der Waals surface area contributed by atoms with Crippen molar-refractivity contribution in [1.29, 1.82) is 0 Å². The molecule has 1 N–H and O–H groups in total. The van der Waals surface area contributed by atoms with Crippen molar-refractivity contribution >= 4 is 0 Å². The number of rotatable bonds is 6. The zero-order valence-corrected chi connectivity index (χ0v) is 10.4. The molecule has 2 rings (SSSR count). The molecule has 1 atom stereocenters. The Morgan fingerprint density at radius 1 is 1.53 bits per heavy atom. The van der Waals surface area contributed by atoms with Crippen molar-refractivity contribution < 1.29 is 14.0 Å². The largest absolute Gasteiger partial charge is 0.383 e. The average Bonchev–Trinajstić information content (AvgIpc) is 2.94. The van der Waals surface area contributed by atoms with Gasteiger partial charge in [0.1, 0.15) is 5.60 Å². The molecular formula is C11H19N3O3.